The van der Waals surface area contributed by atoms with Crippen LogP contribution in [0.5, 0.6) is 0 Å². The second-order valence-electron chi connectivity index (χ2n) is 3.60. The number of hydrogen-bond acceptors (Lipinski definition) is 3. The van der Waals surface area contributed by atoms with Crippen LogP contribution in [0.4, 0.5) is 4.79 Å². The maximum absolute atomic E-state index is 11.5. The van der Waals surface area contributed by atoms with E-state index >= 15 is 0 Å². The fourth-order valence-corrected chi connectivity index (χ4v) is 4.42. The first-order valence-electron chi connectivity index (χ1n) is 5.08. The van der Waals surface area contributed by atoms with Crippen molar-refractivity contribution < 1.29 is 4.79 Å². The average Bonchev–Trinajstić information content (AvgIpc) is 2.23. The quantitative estimate of drug-likeness (QED) is 0.778. The molecule has 3 nitrogen and oxygen atoms in total. The van der Waals surface area contributed by atoms with Crippen LogP contribution in [0.25, 0.3) is 0 Å². The smallest absolute Gasteiger partial charge is 0.317 e. The molecule has 80 valence electrons. The molecule has 1 N–H and O–H groups in total. The Kier molecular flexibility index (Phi) is 3.87. The first-order valence-corrected chi connectivity index (χ1v) is 7.29. The summed E-state index contributed by atoms with van der Waals surface area (Å²) in [6.07, 6.45) is 1.09. The summed E-state index contributed by atoms with van der Waals surface area (Å²) in [6, 6.07) is 0.132. The first-order chi connectivity index (χ1) is 6.86. The molecular formula is C9H16N2OS2. The van der Waals surface area contributed by atoms with Crippen LogP contribution in [0.3, 0.4) is 0 Å². The Balaban J connectivity index is 1.79. The number of hydrogen-bond donors (Lipinski definition) is 1. The van der Waals surface area contributed by atoms with Gasteiger partial charge in [0.05, 0.1) is 0 Å². The van der Waals surface area contributed by atoms with Crippen molar-refractivity contribution in [2.24, 2.45) is 0 Å². The van der Waals surface area contributed by atoms with Gasteiger partial charge in [-0.2, -0.15) is 23.5 Å². The summed E-state index contributed by atoms with van der Waals surface area (Å²) in [5.74, 6) is 3.71. The van der Waals surface area contributed by atoms with E-state index in [9.17, 15) is 4.79 Å². The average molecular weight is 232 g/mol. The Morgan fingerprint density at radius 2 is 2.43 bits per heavy atom. The van der Waals surface area contributed by atoms with E-state index in [4.69, 9.17) is 0 Å². The minimum Gasteiger partial charge on any atom is -0.338 e. The Bertz CT molecular complexity index is 207. The van der Waals surface area contributed by atoms with E-state index in [0.29, 0.717) is 5.25 Å². The zero-order valence-electron chi connectivity index (χ0n) is 8.20. The van der Waals surface area contributed by atoms with Crippen LogP contribution in [0.2, 0.25) is 0 Å². The molecule has 2 heterocycles. The van der Waals surface area contributed by atoms with Crippen LogP contribution in [0, 0.1) is 0 Å². The Morgan fingerprint density at radius 1 is 1.50 bits per heavy atom. The van der Waals surface area contributed by atoms with Crippen molar-refractivity contribution in [3.63, 3.8) is 0 Å². The predicted molar refractivity (Wildman–Crippen MR) is 63.2 cm³/mol. The van der Waals surface area contributed by atoms with Crippen LogP contribution in [-0.4, -0.2) is 53.1 Å². The van der Waals surface area contributed by atoms with Gasteiger partial charge in [-0.05, 0) is 6.42 Å². The lowest BCUT2D eigenvalue weighted by Crippen LogP contribution is -2.49. The van der Waals surface area contributed by atoms with Crippen LogP contribution in [0.15, 0.2) is 0 Å². The molecule has 0 radical (unpaired) electrons. The van der Waals surface area contributed by atoms with Crippen molar-refractivity contribution in [1.82, 2.24) is 10.2 Å². The van der Waals surface area contributed by atoms with Crippen LogP contribution < -0.4 is 5.32 Å². The van der Waals surface area contributed by atoms with Gasteiger partial charge in [0.25, 0.3) is 0 Å². The van der Waals surface area contributed by atoms with Gasteiger partial charge in [-0.25, -0.2) is 4.79 Å². The highest BCUT2D eigenvalue weighted by Gasteiger charge is 2.23. The van der Waals surface area contributed by atoms with Gasteiger partial charge in [0.1, 0.15) is 0 Å². The van der Waals surface area contributed by atoms with E-state index in [1.807, 2.05) is 28.4 Å². The molecule has 0 aromatic carbocycles. The summed E-state index contributed by atoms with van der Waals surface area (Å²) in [5, 5.41) is 3.54. The molecule has 2 amide bonds. The van der Waals surface area contributed by atoms with Crippen molar-refractivity contribution >= 4 is 29.6 Å². The molecule has 2 aliphatic rings. The van der Waals surface area contributed by atoms with E-state index in [1.165, 1.54) is 17.3 Å². The summed E-state index contributed by atoms with van der Waals surface area (Å²) >= 11 is 4.03. The van der Waals surface area contributed by atoms with Gasteiger partial charge in [0.15, 0.2) is 0 Å². The molecule has 2 saturated heterocycles. The van der Waals surface area contributed by atoms with Gasteiger partial charge in [-0.1, -0.05) is 0 Å². The highest BCUT2D eigenvalue weighted by Crippen LogP contribution is 2.24. The summed E-state index contributed by atoms with van der Waals surface area (Å²) in [6.45, 7) is 2.72. The van der Waals surface area contributed by atoms with Crippen molar-refractivity contribution in [1.29, 1.82) is 0 Å². The number of rotatable bonds is 2. The SMILES string of the molecule is O=C1NCCCN1CC1CSCCS1. The zero-order valence-corrected chi connectivity index (χ0v) is 9.83. The molecule has 0 aliphatic carbocycles. The second kappa shape index (κ2) is 5.16. The largest absolute Gasteiger partial charge is 0.338 e. The molecular weight excluding hydrogens is 216 g/mol. The molecule has 2 fully saturated rings. The van der Waals surface area contributed by atoms with Crippen LogP contribution >= 0.6 is 23.5 Å². The molecule has 0 aromatic heterocycles. The minimum atomic E-state index is 0.132. The number of carbonyl (C=O) groups excluding carboxylic acids is 1. The first kappa shape index (κ1) is 10.5. The molecule has 0 saturated carbocycles. The van der Waals surface area contributed by atoms with E-state index in [-0.39, 0.29) is 6.03 Å². The lowest BCUT2D eigenvalue weighted by atomic mass is 10.3. The Labute approximate surface area is 93.4 Å². The van der Waals surface area contributed by atoms with E-state index in [1.54, 1.807) is 0 Å². The van der Waals surface area contributed by atoms with Crippen LogP contribution in [0.1, 0.15) is 6.42 Å². The highest BCUT2D eigenvalue weighted by atomic mass is 32.2. The molecule has 5 heteroatoms. The van der Waals surface area contributed by atoms with E-state index < -0.39 is 0 Å². The summed E-state index contributed by atoms with van der Waals surface area (Å²) in [4.78, 5) is 13.4. The van der Waals surface area contributed by atoms with Crippen molar-refractivity contribution in [2.45, 2.75) is 11.7 Å². The Morgan fingerprint density at radius 3 is 3.14 bits per heavy atom. The second-order valence-corrected chi connectivity index (χ2v) is 6.16. The van der Waals surface area contributed by atoms with E-state index in [0.717, 1.165) is 26.1 Å². The maximum Gasteiger partial charge on any atom is 0.317 e. The maximum atomic E-state index is 11.5. The number of nitrogens with zero attached hydrogens (tertiary/aromatic N) is 1. The standard InChI is InChI=1S/C9H16N2OS2/c12-9-10-2-1-3-11(9)6-8-7-13-4-5-14-8/h8H,1-7H2,(H,10,12). The number of amides is 2. The third-order valence-corrected chi connectivity index (χ3v) is 5.30. The molecule has 1 unspecified atom stereocenters. The summed E-state index contributed by atoms with van der Waals surface area (Å²) < 4.78 is 0. The topological polar surface area (TPSA) is 32.3 Å². The lowest BCUT2D eigenvalue weighted by molar-refractivity contribution is 0.187. The van der Waals surface area contributed by atoms with Crippen molar-refractivity contribution in [3.8, 4) is 0 Å². The highest BCUT2D eigenvalue weighted by molar-refractivity contribution is 8.06. The molecule has 2 rings (SSSR count). The van der Waals surface area contributed by atoms with Gasteiger partial charge in [0, 0.05) is 42.1 Å². The summed E-state index contributed by atoms with van der Waals surface area (Å²) in [7, 11) is 0. The number of thioether (sulfide) groups is 2. The van der Waals surface area contributed by atoms with Gasteiger partial charge in [0.2, 0.25) is 0 Å². The zero-order chi connectivity index (χ0) is 9.80. The normalized spacial score (nSPS) is 28.7. The summed E-state index contributed by atoms with van der Waals surface area (Å²) in [5.41, 5.74) is 0. The third kappa shape index (κ3) is 2.73. The molecule has 0 bridgehead atoms. The third-order valence-electron chi connectivity index (χ3n) is 2.48. The van der Waals surface area contributed by atoms with Crippen molar-refractivity contribution in [2.75, 3.05) is 36.9 Å². The number of nitrogens with one attached hydrogen (secondary N) is 1. The lowest BCUT2D eigenvalue weighted by Gasteiger charge is -2.32. The van der Waals surface area contributed by atoms with Gasteiger partial charge in [-0.15, -0.1) is 0 Å². The molecule has 1 atom stereocenters. The van der Waals surface area contributed by atoms with Crippen LogP contribution in [-0.2, 0) is 0 Å². The van der Waals surface area contributed by atoms with E-state index in [2.05, 4.69) is 5.32 Å². The monoisotopic (exact) mass is 232 g/mol. The number of carbonyl (C=O) groups is 1. The fourth-order valence-electron chi connectivity index (χ4n) is 1.74. The van der Waals surface area contributed by atoms with Gasteiger partial charge < -0.3 is 10.2 Å². The Hall–Kier alpha value is -0.0300. The molecule has 2 aliphatic heterocycles. The van der Waals surface area contributed by atoms with Gasteiger partial charge >= 0.3 is 6.03 Å². The fraction of sp³-hybridized carbons (Fsp3) is 0.889. The molecule has 0 spiro atoms. The number of urea groups is 1. The van der Waals surface area contributed by atoms with Crippen molar-refractivity contribution in [3.05, 3.63) is 0 Å². The van der Waals surface area contributed by atoms with Gasteiger partial charge in [-0.3, -0.25) is 0 Å². The minimum absolute atomic E-state index is 0.132. The molecule has 0 aromatic rings. The molecule has 14 heavy (non-hydrogen) atoms. The predicted octanol–water partition coefficient (Wildman–Crippen LogP) is 1.25.